The molecule has 0 aliphatic heterocycles. The fourth-order valence-corrected chi connectivity index (χ4v) is 2.76. The molecule has 8 heteroatoms. The molecule has 2 rings (SSSR count). The Morgan fingerprint density at radius 3 is 2.62 bits per heavy atom. The highest BCUT2D eigenvalue weighted by molar-refractivity contribution is 6.33. The molecule has 26 heavy (non-hydrogen) atoms. The van der Waals surface area contributed by atoms with E-state index >= 15 is 0 Å². The third-order valence-electron chi connectivity index (χ3n) is 3.59. The van der Waals surface area contributed by atoms with Crippen LogP contribution in [0.15, 0.2) is 24.3 Å². The number of carbonyl (C=O) groups is 2. The van der Waals surface area contributed by atoms with Crippen LogP contribution < -0.4 is 5.32 Å². The summed E-state index contributed by atoms with van der Waals surface area (Å²) in [6.07, 6.45) is 0. The van der Waals surface area contributed by atoms with E-state index in [1.807, 2.05) is 32.0 Å². The molecule has 1 amide bonds. The van der Waals surface area contributed by atoms with Gasteiger partial charge in [-0.1, -0.05) is 55.2 Å². The van der Waals surface area contributed by atoms with E-state index in [0.717, 1.165) is 5.56 Å². The molecule has 0 fully saturated rings. The summed E-state index contributed by atoms with van der Waals surface area (Å²) >= 11 is 12.5. The molecule has 1 aromatic heterocycles. The number of hydrogen-bond donors (Lipinski definition) is 1. The van der Waals surface area contributed by atoms with Crippen molar-refractivity contribution in [3.05, 3.63) is 51.3 Å². The SMILES string of the molecule is Cc1nn(Cc2ccccc2Cl)c(Cl)c1C(=O)OCC(=O)NCC(C)C. The lowest BCUT2D eigenvalue weighted by molar-refractivity contribution is -0.124. The average Bonchev–Trinajstić information content (AvgIpc) is 2.86. The zero-order valence-corrected chi connectivity index (χ0v) is 16.4. The largest absolute Gasteiger partial charge is 0.452 e. The van der Waals surface area contributed by atoms with Gasteiger partial charge >= 0.3 is 5.97 Å². The number of nitrogens with one attached hydrogen (secondary N) is 1. The fraction of sp³-hybridized carbons (Fsp3) is 0.389. The highest BCUT2D eigenvalue weighted by Gasteiger charge is 2.22. The highest BCUT2D eigenvalue weighted by atomic mass is 35.5. The van der Waals surface area contributed by atoms with Crippen LogP contribution in [-0.2, 0) is 16.1 Å². The van der Waals surface area contributed by atoms with Crippen molar-refractivity contribution in [2.45, 2.75) is 27.3 Å². The van der Waals surface area contributed by atoms with Gasteiger partial charge in [-0.3, -0.25) is 4.79 Å². The molecule has 0 radical (unpaired) electrons. The summed E-state index contributed by atoms with van der Waals surface area (Å²) < 4.78 is 6.54. The monoisotopic (exact) mass is 397 g/mol. The van der Waals surface area contributed by atoms with Gasteiger partial charge in [0, 0.05) is 11.6 Å². The van der Waals surface area contributed by atoms with Gasteiger partial charge in [-0.2, -0.15) is 5.10 Å². The molecule has 1 N–H and O–H groups in total. The number of amides is 1. The molecule has 0 aliphatic carbocycles. The first-order chi connectivity index (χ1) is 12.3. The smallest absolute Gasteiger partial charge is 0.343 e. The number of rotatable bonds is 7. The molecule has 0 saturated heterocycles. The standard InChI is InChI=1S/C18H21Cl2N3O3/c1-11(2)8-21-15(24)10-26-18(25)16-12(3)22-23(17(16)20)9-13-6-4-5-7-14(13)19/h4-7,11H,8-10H2,1-3H3,(H,21,24). The van der Waals surface area contributed by atoms with Crippen LogP contribution in [0, 0.1) is 12.8 Å². The van der Waals surface area contributed by atoms with E-state index < -0.39 is 5.97 Å². The molecular formula is C18H21Cl2N3O3. The van der Waals surface area contributed by atoms with E-state index in [1.54, 1.807) is 13.0 Å². The third-order valence-corrected chi connectivity index (χ3v) is 4.34. The first-order valence-corrected chi connectivity index (χ1v) is 8.95. The second kappa shape index (κ2) is 9.05. The molecule has 140 valence electrons. The molecule has 2 aromatic rings. The Hall–Kier alpha value is -2.05. The van der Waals surface area contributed by atoms with Crippen LogP contribution >= 0.6 is 23.2 Å². The Labute approximate surface area is 162 Å². The van der Waals surface area contributed by atoms with Crippen molar-refractivity contribution < 1.29 is 14.3 Å². The van der Waals surface area contributed by atoms with Crippen LogP contribution in [0.4, 0.5) is 0 Å². The van der Waals surface area contributed by atoms with E-state index in [0.29, 0.717) is 29.7 Å². The number of aryl methyl sites for hydroxylation is 1. The van der Waals surface area contributed by atoms with Gasteiger partial charge in [-0.25, -0.2) is 9.48 Å². The summed E-state index contributed by atoms with van der Waals surface area (Å²) in [4.78, 5) is 24.0. The van der Waals surface area contributed by atoms with Crippen molar-refractivity contribution in [1.29, 1.82) is 0 Å². The van der Waals surface area contributed by atoms with Crippen LogP contribution in [0.3, 0.4) is 0 Å². The van der Waals surface area contributed by atoms with Crippen LogP contribution in [0.25, 0.3) is 0 Å². The summed E-state index contributed by atoms with van der Waals surface area (Å²) in [5, 5.41) is 7.69. The van der Waals surface area contributed by atoms with Gasteiger partial charge in [0.1, 0.15) is 10.7 Å². The van der Waals surface area contributed by atoms with Crippen LogP contribution in [0.2, 0.25) is 10.2 Å². The summed E-state index contributed by atoms with van der Waals surface area (Å²) in [5.41, 5.74) is 1.40. The minimum atomic E-state index is -0.683. The molecule has 1 heterocycles. The lowest BCUT2D eigenvalue weighted by Gasteiger charge is -2.08. The van der Waals surface area contributed by atoms with E-state index in [9.17, 15) is 9.59 Å². The highest BCUT2D eigenvalue weighted by Crippen LogP contribution is 2.24. The Morgan fingerprint density at radius 1 is 1.27 bits per heavy atom. The zero-order chi connectivity index (χ0) is 19.3. The Kier molecular flexibility index (Phi) is 7.06. The first-order valence-electron chi connectivity index (χ1n) is 8.19. The molecular weight excluding hydrogens is 377 g/mol. The number of nitrogens with zero attached hydrogens (tertiary/aromatic N) is 2. The number of hydrogen-bond acceptors (Lipinski definition) is 4. The van der Waals surface area contributed by atoms with E-state index in [1.165, 1.54) is 4.68 Å². The maximum atomic E-state index is 12.3. The summed E-state index contributed by atoms with van der Waals surface area (Å²) in [6.45, 7) is 6.08. The number of carbonyl (C=O) groups excluding carboxylic acids is 2. The van der Waals surface area contributed by atoms with Gasteiger partial charge in [0.05, 0.1) is 12.2 Å². The predicted octanol–water partition coefficient (Wildman–Crippen LogP) is 3.48. The van der Waals surface area contributed by atoms with Gasteiger partial charge in [0.2, 0.25) is 0 Å². The number of benzene rings is 1. The molecule has 0 bridgehead atoms. The van der Waals surface area contributed by atoms with Gasteiger partial charge in [0.15, 0.2) is 6.61 Å². The van der Waals surface area contributed by atoms with E-state index in [2.05, 4.69) is 10.4 Å². The van der Waals surface area contributed by atoms with Crippen molar-refractivity contribution >= 4 is 35.1 Å². The van der Waals surface area contributed by atoms with Crippen molar-refractivity contribution in [2.75, 3.05) is 13.2 Å². The van der Waals surface area contributed by atoms with Crippen LogP contribution in [-0.4, -0.2) is 34.8 Å². The number of ether oxygens (including phenoxy) is 1. The van der Waals surface area contributed by atoms with Crippen LogP contribution in [0.1, 0.15) is 35.5 Å². The van der Waals surface area contributed by atoms with Crippen molar-refractivity contribution in [1.82, 2.24) is 15.1 Å². The molecule has 0 atom stereocenters. The van der Waals surface area contributed by atoms with Gasteiger partial charge in [-0.15, -0.1) is 0 Å². The lowest BCUT2D eigenvalue weighted by atomic mass is 10.2. The van der Waals surface area contributed by atoms with Gasteiger partial charge in [-0.05, 0) is 24.5 Å². The topological polar surface area (TPSA) is 73.2 Å². The quantitative estimate of drug-likeness (QED) is 0.725. The Morgan fingerprint density at radius 2 is 1.96 bits per heavy atom. The second-order valence-electron chi connectivity index (χ2n) is 6.27. The number of halogens is 2. The third kappa shape index (κ3) is 5.22. The van der Waals surface area contributed by atoms with Crippen LogP contribution in [0.5, 0.6) is 0 Å². The summed E-state index contributed by atoms with van der Waals surface area (Å²) in [7, 11) is 0. The lowest BCUT2D eigenvalue weighted by Crippen LogP contribution is -2.31. The minimum absolute atomic E-state index is 0.148. The Bertz CT molecular complexity index is 803. The molecule has 0 unspecified atom stereocenters. The van der Waals surface area contributed by atoms with Crippen molar-refractivity contribution in [3.63, 3.8) is 0 Å². The Balaban J connectivity index is 2.06. The first kappa shape index (κ1) is 20.3. The molecule has 0 aliphatic rings. The normalized spacial score (nSPS) is 10.8. The maximum Gasteiger partial charge on any atom is 0.343 e. The number of esters is 1. The molecule has 1 aromatic carbocycles. The molecule has 6 nitrogen and oxygen atoms in total. The maximum absolute atomic E-state index is 12.3. The summed E-state index contributed by atoms with van der Waals surface area (Å²) in [6, 6.07) is 7.31. The van der Waals surface area contributed by atoms with E-state index in [-0.39, 0.29) is 23.2 Å². The fourth-order valence-electron chi connectivity index (χ4n) is 2.25. The average molecular weight is 398 g/mol. The summed E-state index contributed by atoms with van der Waals surface area (Å²) in [5.74, 6) is -0.726. The van der Waals surface area contributed by atoms with Crippen molar-refractivity contribution in [2.24, 2.45) is 5.92 Å². The van der Waals surface area contributed by atoms with Gasteiger partial charge in [0.25, 0.3) is 5.91 Å². The zero-order valence-electron chi connectivity index (χ0n) is 14.9. The van der Waals surface area contributed by atoms with Crippen molar-refractivity contribution in [3.8, 4) is 0 Å². The minimum Gasteiger partial charge on any atom is -0.452 e. The van der Waals surface area contributed by atoms with E-state index in [4.69, 9.17) is 27.9 Å². The number of aromatic nitrogens is 2. The predicted molar refractivity (Wildman–Crippen MR) is 101 cm³/mol. The molecule has 0 spiro atoms. The second-order valence-corrected chi connectivity index (χ2v) is 7.04. The van der Waals surface area contributed by atoms with Gasteiger partial charge < -0.3 is 10.1 Å². The molecule has 0 saturated carbocycles.